The molecule has 1 aromatic heterocycles. The number of nitrogens with zero attached hydrogens (tertiary/aromatic N) is 1. The van der Waals surface area contributed by atoms with Crippen LogP contribution in [-0.2, 0) is 16.1 Å². The van der Waals surface area contributed by atoms with Crippen LogP contribution in [0.5, 0.6) is 0 Å². The van der Waals surface area contributed by atoms with Gasteiger partial charge in [0, 0.05) is 30.1 Å². The molecule has 0 atom stereocenters. The van der Waals surface area contributed by atoms with Crippen LogP contribution >= 0.6 is 0 Å². The maximum Gasteiger partial charge on any atom is 0.251 e. The maximum atomic E-state index is 12.0. The van der Waals surface area contributed by atoms with Gasteiger partial charge in [-0.2, -0.15) is 0 Å². The van der Waals surface area contributed by atoms with Crippen molar-refractivity contribution >= 4 is 23.2 Å². The second kappa shape index (κ2) is 6.71. The molecule has 0 spiro atoms. The van der Waals surface area contributed by atoms with E-state index in [4.69, 9.17) is 0 Å². The second-order valence-corrected chi connectivity index (χ2v) is 4.90. The number of benzene rings is 1. The van der Waals surface area contributed by atoms with Crippen molar-refractivity contribution in [3.8, 4) is 0 Å². The Kier molecular flexibility index (Phi) is 4.73. The molecule has 0 fully saturated rings. The summed E-state index contributed by atoms with van der Waals surface area (Å²) in [6.07, 6.45) is 0. The highest BCUT2D eigenvalue weighted by molar-refractivity contribution is 5.92. The Hall–Kier alpha value is -2.89. The number of rotatable bonds is 4. The predicted octanol–water partition coefficient (Wildman–Crippen LogP) is 1.75. The number of amides is 2. The Balaban J connectivity index is 2.03. The molecule has 0 saturated carbocycles. The molecule has 0 saturated heterocycles. The molecule has 0 aliphatic heterocycles. The zero-order chi connectivity index (χ0) is 16.1. The van der Waals surface area contributed by atoms with Crippen LogP contribution in [-0.4, -0.2) is 16.4 Å². The number of anilines is 2. The first-order valence-electron chi connectivity index (χ1n) is 6.79. The van der Waals surface area contributed by atoms with Crippen molar-refractivity contribution in [3.63, 3.8) is 0 Å². The Morgan fingerprint density at radius 1 is 1.00 bits per heavy atom. The molecular formula is C16H17N3O3. The summed E-state index contributed by atoms with van der Waals surface area (Å²) in [6.45, 7) is 3.16. The molecule has 114 valence electrons. The Morgan fingerprint density at radius 3 is 2.14 bits per heavy atom. The van der Waals surface area contributed by atoms with Gasteiger partial charge in [-0.15, -0.1) is 0 Å². The zero-order valence-electron chi connectivity index (χ0n) is 12.4. The SMILES string of the molecule is CC(=O)Nc1ccc(NC(=O)Cn2c(C)cccc2=O)cc1. The molecule has 0 unspecified atom stereocenters. The molecule has 6 nitrogen and oxygen atoms in total. The number of pyridine rings is 1. The molecule has 0 aliphatic rings. The summed E-state index contributed by atoms with van der Waals surface area (Å²) in [5.41, 5.74) is 1.76. The van der Waals surface area contributed by atoms with Gasteiger partial charge in [0.1, 0.15) is 6.54 Å². The molecule has 0 bridgehead atoms. The third kappa shape index (κ3) is 4.05. The van der Waals surface area contributed by atoms with Crippen LogP contribution in [0, 0.1) is 6.92 Å². The van der Waals surface area contributed by atoms with E-state index in [-0.39, 0.29) is 23.9 Å². The fourth-order valence-electron chi connectivity index (χ4n) is 2.01. The largest absolute Gasteiger partial charge is 0.326 e. The number of hydrogen-bond donors (Lipinski definition) is 2. The number of nitrogens with one attached hydrogen (secondary N) is 2. The first kappa shape index (κ1) is 15.5. The highest BCUT2D eigenvalue weighted by Crippen LogP contribution is 2.13. The average Bonchev–Trinajstić information content (AvgIpc) is 2.45. The Bertz CT molecular complexity index is 748. The fourth-order valence-corrected chi connectivity index (χ4v) is 2.01. The predicted molar refractivity (Wildman–Crippen MR) is 84.8 cm³/mol. The molecule has 2 rings (SSSR count). The molecule has 6 heteroatoms. The molecule has 2 amide bonds. The number of aryl methyl sites for hydroxylation is 1. The number of hydrogen-bond acceptors (Lipinski definition) is 3. The highest BCUT2D eigenvalue weighted by atomic mass is 16.2. The van der Waals surface area contributed by atoms with Gasteiger partial charge < -0.3 is 15.2 Å². The van der Waals surface area contributed by atoms with Crippen LogP contribution in [0.15, 0.2) is 47.3 Å². The lowest BCUT2D eigenvalue weighted by Gasteiger charge is -2.10. The first-order valence-corrected chi connectivity index (χ1v) is 6.79. The standard InChI is InChI=1S/C16H17N3O3/c1-11-4-3-5-16(22)19(11)10-15(21)18-14-8-6-13(7-9-14)17-12(2)20/h3-9H,10H2,1-2H3,(H,17,20)(H,18,21). The normalized spacial score (nSPS) is 10.1. The lowest BCUT2D eigenvalue weighted by molar-refractivity contribution is -0.117. The molecule has 2 aromatic rings. The molecule has 1 aromatic carbocycles. The highest BCUT2D eigenvalue weighted by Gasteiger charge is 2.07. The minimum Gasteiger partial charge on any atom is -0.326 e. The lowest BCUT2D eigenvalue weighted by Crippen LogP contribution is -2.28. The van der Waals surface area contributed by atoms with Gasteiger partial charge in [-0.1, -0.05) is 6.07 Å². The monoisotopic (exact) mass is 299 g/mol. The van der Waals surface area contributed by atoms with Crippen molar-refractivity contribution < 1.29 is 9.59 Å². The first-order chi connectivity index (χ1) is 10.5. The topological polar surface area (TPSA) is 80.2 Å². The van der Waals surface area contributed by atoms with E-state index in [9.17, 15) is 14.4 Å². The summed E-state index contributed by atoms with van der Waals surface area (Å²) in [4.78, 5) is 34.7. The minimum absolute atomic E-state index is 0.0427. The van der Waals surface area contributed by atoms with Gasteiger partial charge in [0.2, 0.25) is 11.8 Å². The van der Waals surface area contributed by atoms with E-state index < -0.39 is 0 Å². The van der Waals surface area contributed by atoms with Gasteiger partial charge in [0.15, 0.2) is 0 Å². The summed E-state index contributed by atoms with van der Waals surface area (Å²) in [7, 11) is 0. The van der Waals surface area contributed by atoms with Gasteiger partial charge in [-0.3, -0.25) is 14.4 Å². The van der Waals surface area contributed by atoms with Crippen molar-refractivity contribution in [3.05, 3.63) is 58.5 Å². The number of carbonyl (C=O) groups excluding carboxylic acids is 2. The van der Waals surface area contributed by atoms with E-state index in [0.29, 0.717) is 11.4 Å². The van der Waals surface area contributed by atoms with Gasteiger partial charge in [0.05, 0.1) is 0 Å². The fraction of sp³-hybridized carbons (Fsp3) is 0.188. The van der Waals surface area contributed by atoms with Gasteiger partial charge in [-0.05, 0) is 37.3 Å². The molecular weight excluding hydrogens is 282 g/mol. The maximum absolute atomic E-state index is 12.0. The second-order valence-electron chi connectivity index (χ2n) is 4.90. The smallest absolute Gasteiger partial charge is 0.251 e. The van der Waals surface area contributed by atoms with Crippen LogP contribution in [0.25, 0.3) is 0 Å². The van der Waals surface area contributed by atoms with Crippen LogP contribution < -0.4 is 16.2 Å². The van der Waals surface area contributed by atoms with Crippen LogP contribution in [0.2, 0.25) is 0 Å². The van der Waals surface area contributed by atoms with Crippen LogP contribution in [0.4, 0.5) is 11.4 Å². The molecule has 0 aliphatic carbocycles. The number of carbonyl (C=O) groups is 2. The van der Waals surface area contributed by atoms with E-state index >= 15 is 0 Å². The molecule has 0 radical (unpaired) electrons. The summed E-state index contributed by atoms with van der Waals surface area (Å²) in [5, 5.41) is 5.36. The quantitative estimate of drug-likeness (QED) is 0.902. The van der Waals surface area contributed by atoms with E-state index in [1.807, 2.05) is 0 Å². The summed E-state index contributed by atoms with van der Waals surface area (Å²) >= 11 is 0. The van der Waals surface area contributed by atoms with Crippen LogP contribution in [0.3, 0.4) is 0 Å². The van der Waals surface area contributed by atoms with Crippen molar-refractivity contribution in [1.29, 1.82) is 0 Å². The van der Waals surface area contributed by atoms with Gasteiger partial charge >= 0.3 is 0 Å². The van der Waals surface area contributed by atoms with E-state index in [2.05, 4.69) is 10.6 Å². The zero-order valence-corrected chi connectivity index (χ0v) is 12.4. The lowest BCUT2D eigenvalue weighted by atomic mass is 10.2. The van der Waals surface area contributed by atoms with Crippen molar-refractivity contribution in [2.75, 3.05) is 10.6 Å². The molecule has 1 heterocycles. The van der Waals surface area contributed by atoms with E-state index in [1.165, 1.54) is 17.6 Å². The minimum atomic E-state index is -0.288. The third-order valence-electron chi connectivity index (χ3n) is 3.06. The van der Waals surface area contributed by atoms with E-state index in [0.717, 1.165) is 5.69 Å². The van der Waals surface area contributed by atoms with Gasteiger partial charge in [-0.25, -0.2) is 0 Å². The third-order valence-corrected chi connectivity index (χ3v) is 3.06. The van der Waals surface area contributed by atoms with Gasteiger partial charge in [0.25, 0.3) is 5.56 Å². The molecule has 22 heavy (non-hydrogen) atoms. The van der Waals surface area contributed by atoms with Crippen molar-refractivity contribution in [2.24, 2.45) is 0 Å². The molecule has 2 N–H and O–H groups in total. The van der Waals surface area contributed by atoms with Crippen LogP contribution in [0.1, 0.15) is 12.6 Å². The summed E-state index contributed by atoms with van der Waals surface area (Å²) < 4.78 is 1.40. The summed E-state index contributed by atoms with van der Waals surface area (Å²) in [6, 6.07) is 11.6. The number of aromatic nitrogens is 1. The average molecular weight is 299 g/mol. The van der Waals surface area contributed by atoms with Crippen molar-refractivity contribution in [2.45, 2.75) is 20.4 Å². The summed E-state index contributed by atoms with van der Waals surface area (Å²) in [5.74, 6) is -0.445. The van der Waals surface area contributed by atoms with Crippen molar-refractivity contribution in [1.82, 2.24) is 4.57 Å². The Labute approximate surface area is 127 Å². The Morgan fingerprint density at radius 2 is 1.59 bits per heavy atom. The van der Waals surface area contributed by atoms with E-state index in [1.54, 1.807) is 43.3 Å².